The van der Waals surface area contributed by atoms with Gasteiger partial charge in [-0.3, -0.25) is 4.79 Å². The van der Waals surface area contributed by atoms with E-state index in [-0.39, 0.29) is 17.8 Å². The molecule has 0 aromatic heterocycles. The predicted octanol–water partition coefficient (Wildman–Crippen LogP) is -0.175. The highest BCUT2D eigenvalue weighted by atomic mass is 16.5. The molecule has 1 amide bonds. The monoisotopic (exact) mass is 271 g/mol. The van der Waals surface area contributed by atoms with Crippen molar-refractivity contribution in [3.05, 3.63) is 0 Å². The van der Waals surface area contributed by atoms with E-state index in [2.05, 4.69) is 10.5 Å². The number of hydrogen-bond acceptors (Lipinski definition) is 5. The van der Waals surface area contributed by atoms with E-state index < -0.39 is 5.41 Å². The summed E-state index contributed by atoms with van der Waals surface area (Å²) in [6, 6.07) is 0.00691. The average molecular weight is 271 g/mol. The molecule has 0 saturated carbocycles. The number of oxime groups is 1. The van der Waals surface area contributed by atoms with Crippen LogP contribution in [-0.4, -0.2) is 49.4 Å². The lowest BCUT2D eigenvalue weighted by atomic mass is 9.78. The fourth-order valence-electron chi connectivity index (χ4n) is 2.59. The van der Waals surface area contributed by atoms with Crippen LogP contribution in [0.15, 0.2) is 5.16 Å². The Labute approximate surface area is 112 Å². The Morgan fingerprint density at radius 1 is 1.32 bits per heavy atom. The number of nitrogens with zero attached hydrogens (tertiary/aromatic N) is 1. The van der Waals surface area contributed by atoms with Crippen LogP contribution in [0.2, 0.25) is 0 Å². The van der Waals surface area contributed by atoms with E-state index >= 15 is 0 Å². The van der Waals surface area contributed by atoms with Crippen LogP contribution in [0.5, 0.6) is 0 Å². The van der Waals surface area contributed by atoms with Crippen molar-refractivity contribution >= 4 is 11.7 Å². The summed E-state index contributed by atoms with van der Waals surface area (Å²) in [6.45, 7) is 2.13. The van der Waals surface area contributed by atoms with E-state index in [0.29, 0.717) is 32.7 Å². The number of nitrogens with one attached hydrogen (secondary N) is 1. The van der Waals surface area contributed by atoms with E-state index in [0.717, 1.165) is 19.4 Å². The first-order valence-electron chi connectivity index (χ1n) is 6.63. The van der Waals surface area contributed by atoms with Gasteiger partial charge in [0.05, 0.1) is 12.6 Å². The smallest absolute Gasteiger partial charge is 0.234 e. The number of carbonyl (C=O) groups is 1. The van der Waals surface area contributed by atoms with Crippen molar-refractivity contribution in [2.24, 2.45) is 16.3 Å². The van der Waals surface area contributed by atoms with Gasteiger partial charge in [-0.2, -0.15) is 0 Å². The van der Waals surface area contributed by atoms with Crippen LogP contribution in [-0.2, 0) is 14.3 Å². The van der Waals surface area contributed by atoms with Gasteiger partial charge in [0.2, 0.25) is 5.91 Å². The SMILES string of the molecule is NC(=NO)C1(C(=O)NC2CCCOC2)CCOCC1. The Morgan fingerprint density at radius 3 is 2.63 bits per heavy atom. The van der Waals surface area contributed by atoms with E-state index in [1.54, 1.807) is 0 Å². The Bertz CT molecular complexity index is 347. The standard InChI is InChI=1S/C12H21N3O4/c13-10(15-17)12(3-6-18-7-4-12)11(16)14-9-2-1-5-19-8-9/h9,17H,1-8H2,(H2,13,15)(H,14,16). The molecule has 1 atom stereocenters. The third kappa shape index (κ3) is 2.98. The topological polar surface area (TPSA) is 106 Å². The van der Waals surface area contributed by atoms with Gasteiger partial charge in [-0.15, -0.1) is 0 Å². The molecule has 4 N–H and O–H groups in total. The van der Waals surface area contributed by atoms with Crippen molar-refractivity contribution in [2.45, 2.75) is 31.7 Å². The first-order chi connectivity index (χ1) is 9.19. The van der Waals surface area contributed by atoms with Gasteiger partial charge >= 0.3 is 0 Å². The molecular formula is C12H21N3O4. The molecule has 2 fully saturated rings. The molecule has 0 bridgehead atoms. The maximum atomic E-state index is 12.5. The van der Waals surface area contributed by atoms with Gasteiger partial charge in [0.25, 0.3) is 0 Å². The number of amidine groups is 1. The summed E-state index contributed by atoms with van der Waals surface area (Å²) >= 11 is 0. The van der Waals surface area contributed by atoms with Crippen LogP contribution in [0.3, 0.4) is 0 Å². The quantitative estimate of drug-likeness (QED) is 0.286. The average Bonchev–Trinajstić information content (AvgIpc) is 2.48. The van der Waals surface area contributed by atoms with Crippen LogP contribution in [0.1, 0.15) is 25.7 Å². The maximum Gasteiger partial charge on any atom is 0.234 e. The Morgan fingerprint density at radius 2 is 2.05 bits per heavy atom. The summed E-state index contributed by atoms with van der Waals surface area (Å²) in [5.74, 6) is -0.230. The summed E-state index contributed by atoms with van der Waals surface area (Å²) in [5, 5.41) is 14.9. The predicted molar refractivity (Wildman–Crippen MR) is 67.9 cm³/mol. The lowest BCUT2D eigenvalue weighted by molar-refractivity contribution is -0.133. The highest BCUT2D eigenvalue weighted by Crippen LogP contribution is 2.31. The van der Waals surface area contributed by atoms with Crippen molar-refractivity contribution in [1.82, 2.24) is 5.32 Å². The van der Waals surface area contributed by atoms with E-state index in [1.807, 2.05) is 0 Å². The van der Waals surface area contributed by atoms with E-state index in [4.69, 9.17) is 20.4 Å². The lowest BCUT2D eigenvalue weighted by Gasteiger charge is -2.36. The second-order valence-corrected chi connectivity index (χ2v) is 5.07. The minimum absolute atomic E-state index is 0.00691. The van der Waals surface area contributed by atoms with Crippen LogP contribution in [0.4, 0.5) is 0 Å². The van der Waals surface area contributed by atoms with Crippen LogP contribution in [0.25, 0.3) is 0 Å². The van der Waals surface area contributed by atoms with Gasteiger partial charge in [-0.25, -0.2) is 0 Å². The van der Waals surface area contributed by atoms with E-state index in [1.165, 1.54) is 0 Å². The number of ether oxygens (including phenoxy) is 2. The van der Waals surface area contributed by atoms with Gasteiger partial charge in [0, 0.05) is 19.8 Å². The molecule has 0 aromatic rings. The molecule has 2 saturated heterocycles. The van der Waals surface area contributed by atoms with Crippen LogP contribution < -0.4 is 11.1 Å². The molecule has 7 nitrogen and oxygen atoms in total. The zero-order chi connectivity index (χ0) is 13.7. The van der Waals surface area contributed by atoms with Crippen molar-refractivity contribution in [1.29, 1.82) is 0 Å². The molecule has 0 spiro atoms. The largest absolute Gasteiger partial charge is 0.409 e. The summed E-state index contributed by atoms with van der Waals surface area (Å²) < 4.78 is 10.6. The van der Waals surface area contributed by atoms with Gasteiger partial charge in [-0.1, -0.05) is 5.16 Å². The highest BCUT2D eigenvalue weighted by Gasteiger charge is 2.45. The van der Waals surface area contributed by atoms with Crippen LogP contribution in [0, 0.1) is 5.41 Å². The Hall–Kier alpha value is -1.34. The molecule has 19 heavy (non-hydrogen) atoms. The molecule has 108 valence electrons. The molecule has 2 heterocycles. The van der Waals surface area contributed by atoms with Crippen molar-refractivity contribution in [3.63, 3.8) is 0 Å². The number of amides is 1. The van der Waals surface area contributed by atoms with Crippen molar-refractivity contribution < 1.29 is 19.5 Å². The van der Waals surface area contributed by atoms with Crippen molar-refractivity contribution in [2.75, 3.05) is 26.4 Å². The molecule has 1 unspecified atom stereocenters. The van der Waals surface area contributed by atoms with E-state index in [9.17, 15) is 4.79 Å². The first kappa shape index (κ1) is 14.1. The lowest BCUT2D eigenvalue weighted by Crippen LogP contribution is -2.55. The molecule has 2 aliphatic rings. The number of carbonyl (C=O) groups excluding carboxylic acids is 1. The molecule has 0 aromatic carbocycles. The fourth-order valence-corrected chi connectivity index (χ4v) is 2.59. The summed E-state index contributed by atoms with van der Waals surface area (Å²) in [7, 11) is 0. The minimum atomic E-state index is -0.954. The third-order valence-corrected chi connectivity index (χ3v) is 3.87. The first-order valence-corrected chi connectivity index (χ1v) is 6.63. The molecular weight excluding hydrogens is 250 g/mol. The van der Waals surface area contributed by atoms with Crippen LogP contribution >= 0.6 is 0 Å². The zero-order valence-corrected chi connectivity index (χ0v) is 10.9. The summed E-state index contributed by atoms with van der Waals surface area (Å²) in [5.41, 5.74) is 4.79. The number of hydrogen-bond donors (Lipinski definition) is 3. The third-order valence-electron chi connectivity index (χ3n) is 3.87. The Balaban J connectivity index is 2.06. The molecule has 0 radical (unpaired) electrons. The van der Waals surface area contributed by atoms with Gasteiger partial charge in [0.1, 0.15) is 5.41 Å². The highest BCUT2D eigenvalue weighted by molar-refractivity contribution is 6.06. The van der Waals surface area contributed by atoms with Gasteiger partial charge in [-0.05, 0) is 25.7 Å². The van der Waals surface area contributed by atoms with Gasteiger partial charge < -0.3 is 25.7 Å². The molecule has 2 rings (SSSR count). The molecule has 2 aliphatic heterocycles. The zero-order valence-electron chi connectivity index (χ0n) is 10.9. The van der Waals surface area contributed by atoms with Gasteiger partial charge in [0.15, 0.2) is 5.84 Å². The molecule has 7 heteroatoms. The summed E-state index contributed by atoms with van der Waals surface area (Å²) in [6.07, 6.45) is 2.70. The Kier molecular flexibility index (Phi) is 4.60. The van der Waals surface area contributed by atoms with Crippen molar-refractivity contribution in [3.8, 4) is 0 Å². The molecule has 0 aliphatic carbocycles. The minimum Gasteiger partial charge on any atom is -0.409 e. The fraction of sp³-hybridized carbons (Fsp3) is 0.833. The maximum absolute atomic E-state index is 12.5. The number of nitrogens with two attached hydrogens (primary N) is 1. The second-order valence-electron chi connectivity index (χ2n) is 5.07. The normalized spacial score (nSPS) is 27.8. The summed E-state index contributed by atoms with van der Waals surface area (Å²) in [4.78, 5) is 12.5. The number of rotatable bonds is 3. The second kappa shape index (κ2) is 6.21.